The van der Waals surface area contributed by atoms with E-state index >= 15 is 0 Å². The third kappa shape index (κ3) is 3.93. The maximum absolute atomic E-state index is 12.8. The Bertz CT molecular complexity index is 819. The zero-order chi connectivity index (χ0) is 21.1. The van der Waals surface area contributed by atoms with E-state index in [-0.39, 0.29) is 35.5 Å². The first-order chi connectivity index (χ1) is 14.6. The molecule has 4 unspecified atom stereocenters. The molecule has 2 fully saturated rings. The van der Waals surface area contributed by atoms with Gasteiger partial charge in [0.25, 0.3) is 0 Å². The van der Waals surface area contributed by atoms with Crippen molar-refractivity contribution in [2.45, 2.75) is 19.8 Å². The van der Waals surface area contributed by atoms with E-state index in [1.54, 1.807) is 7.11 Å². The second kappa shape index (κ2) is 8.90. The van der Waals surface area contributed by atoms with Gasteiger partial charge in [-0.3, -0.25) is 19.5 Å². The average molecular weight is 411 g/mol. The van der Waals surface area contributed by atoms with Gasteiger partial charge in [-0.1, -0.05) is 24.3 Å². The number of rotatable bonds is 8. The van der Waals surface area contributed by atoms with Crippen molar-refractivity contribution >= 4 is 17.8 Å². The molecule has 2 aliphatic carbocycles. The van der Waals surface area contributed by atoms with Crippen LogP contribution in [-0.4, -0.2) is 56.0 Å². The molecule has 7 heteroatoms. The number of ether oxygens (including phenoxy) is 1. The predicted molar refractivity (Wildman–Crippen MR) is 115 cm³/mol. The van der Waals surface area contributed by atoms with Gasteiger partial charge in [0.05, 0.1) is 18.9 Å². The number of amides is 2. The van der Waals surface area contributed by atoms with Crippen molar-refractivity contribution in [3.05, 3.63) is 42.0 Å². The second-order valence-corrected chi connectivity index (χ2v) is 8.11. The van der Waals surface area contributed by atoms with Gasteiger partial charge in [-0.15, -0.1) is 0 Å². The predicted octanol–water partition coefficient (Wildman–Crippen LogP) is 1.60. The number of imide groups is 1. The zero-order valence-corrected chi connectivity index (χ0v) is 17.6. The monoisotopic (exact) mass is 410 g/mol. The summed E-state index contributed by atoms with van der Waals surface area (Å²) in [5.41, 5.74) is 1.19. The lowest BCUT2D eigenvalue weighted by molar-refractivity contribution is -0.140. The van der Waals surface area contributed by atoms with Crippen LogP contribution in [0.5, 0.6) is 5.75 Å². The first kappa shape index (κ1) is 20.4. The fourth-order valence-corrected chi connectivity index (χ4v) is 4.90. The fourth-order valence-electron chi connectivity index (χ4n) is 4.90. The number of guanidine groups is 1. The third-order valence-electron chi connectivity index (χ3n) is 6.36. The number of aliphatic imine (C=N–C) groups is 1. The van der Waals surface area contributed by atoms with E-state index in [1.807, 2.05) is 31.2 Å². The Morgan fingerprint density at radius 1 is 1.10 bits per heavy atom. The van der Waals surface area contributed by atoms with Gasteiger partial charge in [-0.05, 0) is 49.3 Å². The van der Waals surface area contributed by atoms with Gasteiger partial charge in [0.15, 0.2) is 5.96 Å². The van der Waals surface area contributed by atoms with Crippen LogP contribution in [0.15, 0.2) is 41.4 Å². The van der Waals surface area contributed by atoms with E-state index in [1.165, 1.54) is 10.5 Å². The van der Waals surface area contributed by atoms with Crippen molar-refractivity contribution < 1.29 is 14.3 Å². The third-order valence-corrected chi connectivity index (χ3v) is 6.36. The highest BCUT2D eigenvalue weighted by molar-refractivity contribution is 6.06. The Balaban J connectivity index is 1.27. The number of fused-ring (bicyclic) bond motifs is 5. The first-order valence-electron chi connectivity index (χ1n) is 10.8. The molecule has 4 atom stereocenters. The van der Waals surface area contributed by atoms with Crippen molar-refractivity contribution in [1.82, 2.24) is 15.5 Å². The molecule has 0 spiro atoms. The molecule has 1 aliphatic heterocycles. The van der Waals surface area contributed by atoms with Gasteiger partial charge in [-0.25, -0.2) is 0 Å². The maximum Gasteiger partial charge on any atom is 0.233 e. The van der Waals surface area contributed by atoms with Crippen molar-refractivity contribution in [3.63, 3.8) is 0 Å². The summed E-state index contributed by atoms with van der Waals surface area (Å²) in [4.78, 5) is 31.6. The lowest BCUT2D eigenvalue weighted by Crippen LogP contribution is -2.43. The Morgan fingerprint density at radius 2 is 1.77 bits per heavy atom. The van der Waals surface area contributed by atoms with Gasteiger partial charge in [0, 0.05) is 26.2 Å². The zero-order valence-electron chi connectivity index (χ0n) is 17.6. The molecule has 2 bridgehead atoms. The van der Waals surface area contributed by atoms with E-state index < -0.39 is 0 Å². The first-order valence-corrected chi connectivity index (χ1v) is 10.8. The highest BCUT2D eigenvalue weighted by atomic mass is 16.5. The van der Waals surface area contributed by atoms with Crippen LogP contribution in [0, 0.1) is 23.7 Å². The molecular weight excluding hydrogens is 380 g/mol. The quantitative estimate of drug-likeness (QED) is 0.294. The summed E-state index contributed by atoms with van der Waals surface area (Å²) in [7, 11) is 1.66. The molecule has 7 nitrogen and oxygen atoms in total. The smallest absolute Gasteiger partial charge is 0.233 e. The number of methoxy groups -OCH3 is 1. The lowest BCUT2D eigenvalue weighted by Gasteiger charge is -2.18. The van der Waals surface area contributed by atoms with E-state index in [9.17, 15) is 9.59 Å². The molecule has 3 aliphatic rings. The normalized spacial score (nSPS) is 27.0. The number of allylic oxidation sites excluding steroid dienone is 2. The Morgan fingerprint density at radius 3 is 2.37 bits per heavy atom. The van der Waals surface area contributed by atoms with Crippen molar-refractivity contribution in [3.8, 4) is 5.75 Å². The van der Waals surface area contributed by atoms with Crippen LogP contribution in [0.2, 0.25) is 0 Å². The lowest BCUT2D eigenvalue weighted by atomic mass is 9.85. The summed E-state index contributed by atoms with van der Waals surface area (Å²) in [5, 5.41) is 6.47. The summed E-state index contributed by atoms with van der Waals surface area (Å²) in [6.45, 7) is 4.27. The van der Waals surface area contributed by atoms with E-state index in [2.05, 4.69) is 27.8 Å². The molecule has 160 valence electrons. The van der Waals surface area contributed by atoms with Gasteiger partial charge in [0.2, 0.25) is 11.8 Å². The molecule has 2 N–H and O–H groups in total. The van der Waals surface area contributed by atoms with Crippen LogP contribution >= 0.6 is 0 Å². The summed E-state index contributed by atoms with van der Waals surface area (Å²) >= 11 is 0. The molecule has 0 radical (unpaired) electrons. The molecule has 1 aromatic carbocycles. The fraction of sp³-hybridized carbons (Fsp3) is 0.522. The van der Waals surface area contributed by atoms with Gasteiger partial charge in [0.1, 0.15) is 5.75 Å². The van der Waals surface area contributed by atoms with Crippen LogP contribution in [0.3, 0.4) is 0 Å². The van der Waals surface area contributed by atoms with Crippen molar-refractivity contribution in [2.24, 2.45) is 28.7 Å². The molecular formula is C23H30N4O3. The van der Waals surface area contributed by atoms with E-state index in [0.717, 1.165) is 25.1 Å². The summed E-state index contributed by atoms with van der Waals surface area (Å²) in [5.74, 6) is 1.81. The van der Waals surface area contributed by atoms with Crippen LogP contribution in [0.25, 0.3) is 0 Å². The minimum atomic E-state index is -0.126. The van der Waals surface area contributed by atoms with Crippen LogP contribution < -0.4 is 15.4 Å². The summed E-state index contributed by atoms with van der Waals surface area (Å²) in [6.07, 6.45) is 6.03. The molecule has 0 aromatic heterocycles. The number of carbonyl (C=O) groups excluding carboxylic acids is 2. The minimum Gasteiger partial charge on any atom is -0.497 e. The van der Waals surface area contributed by atoms with Crippen LogP contribution in [0.1, 0.15) is 18.9 Å². The number of nitrogens with zero attached hydrogens (tertiary/aromatic N) is 2. The number of hydrogen-bond acceptors (Lipinski definition) is 4. The molecule has 1 saturated heterocycles. The molecule has 30 heavy (non-hydrogen) atoms. The van der Waals surface area contributed by atoms with Gasteiger partial charge < -0.3 is 15.4 Å². The summed E-state index contributed by atoms with van der Waals surface area (Å²) in [6, 6.07) is 7.98. The van der Waals surface area contributed by atoms with Gasteiger partial charge >= 0.3 is 0 Å². The van der Waals surface area contributed by atoms with E-state index in [0.29, 0.717) is 25.6 Å². The molecule has 2 amide bonds. The van der Waals surface area contributed by atoms with Crippen molar-refractivity contribution in [1.29, 1.82) is 0 Å². The topological polar surface area (TPSA) is 83.0 Å². The van der Waals surface area contributed by atoms with Crippen LogP contribution in [0.4, 0.5) is 0 Å². The number of likely N-dealkylation sites (tertiary alicyclic amines) is 1. The molecule has 1 saturated carbocycles. The highest BCUT2D eigenvalue weighted by Gasteiger charge is 2.58. The molecule has 1 heterocycles. The molecule has 4 rings (SSSR count). The maximum atomic E-state index is 12.8. The van der Waals surface area contributed by atoms with Crippen molar-refractivity contribution in [2.75, 3.05) is 33.3 Å². The SMILES string of the molecule is CCNC(=NCCc1ccc(OC)cc1)NCCN1C(=O)C2C3C=CC(C3)C2C1=O. The number of benzene rings is 1. The number of nitrogens with one attached hydrogen (secondary N) is 2. The van der Waals surface area contributed by atoms with Crippen LogP contribution in [-0.2, 0) is 16.0 Å². The largest absolute Gasteiger partial charge is 0.497 e. The second-order valence-electron chi connectivity index (χ2n) is 8.11. The average Bonchev–Trinajstić information content (AvgIpc) is 3.44. The highest BCUT2D eigenvalue weighted by Crippen LogP contribution is 2.52. The van der Waals surface area contributed by atoms with E-state index in [4.69, 9.17) is 4.74 Å². The molecule has 1 aromatic rings. The summed E-state index contributed by atoms with van der Waals surface area (Å²) < 4.78 is 5.18. The standard InChI is InChI=1S/C23H30N4O3/c1-3-24-23(25-11-10-15-4-8-18(30-2)9-5-15)26-12-13-27-21(28)19-16-6-7-17(14-16)20(19)22(27)29/h4-9,16-17,19-20H,3,10-14H2,1-2H3,(H2,24,25,26). The Hall–Kier alpha value is -2.83. The minimum absolute atomic E-state index is 0.00472. The Kier molecular flexibility index (Phi) is 6.06. The number of carbonyl (C=O) groups is 2. The van der Waals surface area contributed by atoms with Gasteiger partial charge in [-0.2, -0.15) is 0 Å². The Labute approximate surface area is 177 Å². The number of hydrogen-bond donors (Lipinski definition) is 2.